The fourth-order valence-corrected chi connectivity index (χ4v) is 1.50. The van der Waals surface area contributed by atoms with Gasteiger partial charge in [0.05, 0.1) is 12.2 Å². The van der Waals surface area contributed by atoms with Crippen molar-refractivity contribution in [3.8, 4) is 0 Å². The van der Waals surface area contributed by atoms with Gasteiger partial charge in [0.2, 0.25) is 0 Å². The van der Waals surface area contributed by atoms with Crippen molar-refractivity contribution in [2.75, 3.05) is 20.1 Å². The lowest BCUT2D eigenvalue weighted by molar-refractivity contribution is -0.0703. The quantitative estimate of drug-likeness (QED) is 0.545. The Balaban J connectivity index is 2.35. The topological polar surface area (TPSA) is 12.5 Å². The highest BCUT2D eigenvalue weighted by Crippen LogP contribution is 2.10. The van der Waals surface area contributed by atoms with Gasteiger partial charge in [0.1, 0.15) is 0 Å². The summed E-state index contributed by atoms with van der Waals surface area (Å²) in [6.07, 6.45) is 2.02. The summed E-state index contributed by atoms with van der Waals surface area (Å²) in [5.41, 5.74) is 0. The molecule has 0 aromatic rings. The van der Waals surface area contributed by atoms with Gasteiger partial charge in [0, 0.05) is 13.1 Å². The third-order valence-corrected chi connectivity index (χ3v) is 1.96. The summed E-state index contributed by atoms with van der Waals surface area (Å²) in [7, 11) is 2.15. The number of ether oxygens (including phenoxy) is 1. The minimum atomic E-state index is 0.420. The molecule has 0 N–H and O–H groups in total. The van der Waals surface area contributed by atoms with E-state index in [0.29, 0.717) is 12.2 Å². The van der Waals surface area contributed by atoms with E-state index in [-0.39, 0.29) is 0 Å². The minimum Gasteiger partial charge on any atom is -0.373 e. The Bertz CT molecular complexity index is 95.4. The highest BCUT2D eigenvalue weighted by atomic mass is 16.5. The standard InChI is InChI=1S/C8H17NO/c1-4-8-6-9(3)5-7(2)10-8/h7-8H,4-6H2,1-3H3/t7-,8-/m0/s1. The Morgan fingerprint density at radius 1 is 1.50 bits per heavy atom. The van der Waals surface area contributed by atoms with Gasteiger partial charge in [-0.05, 0) is 20.4 Å². The first-order chi connectivity index (χ1) is 4.72. The molecule has 0 aromatic carbocycles. The SMILES string of the molecule is CC[C@H]1CN(C)C[C@H](C)O1. The third-order valence-electron chi connectivity index (χ3n) is 1.96. The predicted octanol–water partition coefficient (Wildman–Crippen LogP) is 1.12. The highest BCUT2D eigenvalue weighted by molar-refractivity contribution is 4.71. The van der Waals surface area contributed by atoms with Gasteiger partial charge >= 0.3 is 0 Å². The van der Waals surface area contributed by atoms with Crippen LogP contribution in [0.5, 0.6) is 0 Å². The van der Waals surface area contributed by atoms with Gasteiger partial charge in [0.15, 0.2) is 0 Å². The Morgan fingerprint density at radius 2 is 2.20 bits per heavy atom. The second-order valence-electron chi connectivity index (χ2n) is 3.20. The first kappa shape index (κ1) is 8.02. The fraction of sp³-hybridized carbons (Fsp3) is 1.00. The van der Waals surface area contributed by atoms with Gasteiger partial charge in [-0.2, -0.15) is 0 Å². The van der Waals surface area contributed by atoms with Crippen molar-refractivity contribution in [2.45, 2.75) is 32.5 Å². The van der Waals surface area contributed by atoms with Gasteiger partial charge < -0.3 is 9.64 Å². The molecule has 2 atom stereocenters. The smallest absolute Gasteiger partial charge is 0.0703 e. The molecule has 0 aliphatic carbocycles. The van der Waals surface area contributed by atoms with Crippen molar-refractivity contribution < 1.29 is 4.74 Å². The van der Waals surface area contributed by atoms with E-state index in [1.54, 1.807) is 0 Å². The molecule has 10 heavy (non-hydrogen) atoms. The van der Waals surface area contributed by atoms with Crippen molar-refractivity contribution in [1.82, 2.24) is 4.90 Å². The molecular weight excluding hydrogens is 126 g/mol. The van der Waals surface area contributed by atoms with E-state index in [4.69, 9.17) is 4.74 Å². The third kappa shape index (κ3) is 1.96. The van der Waals surface area contributed by atoms with Crippen LogP contribution in [0.4, 0.5) is 0 Å². The molecule has 1 heterocycles. The second-order valence-corrected chi connectivity index (χ2v) is 3.20. The zero-order chi connectivity index (χ0) is 7.56. The van der Waals surface area contributed by atoms with Crippen molar-refractivity contribution in [3.63, 3.8) is 0 Å². The molecule has 2 heteroatoms. The zero-order valence-corrected chi connectivity index (χ0v) is 7.13. The number of morpholine rings is 1. The van der Waals surface area contributed by atoms with Crippen LogP contribution >= 0.6 is 0 Å². The largest absolute Gasteiger partial charge is 0.373 e. The summed E-state index contributed by atoms with van der Waals surface area (Å²) in [4.78, 5) is 2.34. The highest BCUT2D eigenvalue weighted by Gasteiger charge is 2.20. The summed E-state index contributed by atoms with van der Waals surface area (Å²) in [6.45, 7) is 6.49. The fourth-order valence-electron chi connectivity index (χ4n) is 1.50. The van der Waals surface area contributed by atoms with Crippen LogP contribution in [0.3, 0.4) is 0 Å². The average molecular weight is 143 g/mol. The van der Waals surface area contributed by atoms with Crippen LogP contribution in [0, 0.1) is 0 Å². The van der Waals surface area contributed by atoms with Gasteiger partial charge in [-0.15, -0.1) is 0 Å². The summed E-state index contributed by atoms with van der Waals surface area (Å²) in [5.74, 6) is 0. The molecule has 0 bridgehead atoms. The molecule has 0 amide bonds. The summed E-state index contributed by atoms with van der Waals surface area (Å²) in [5, 5.41) is 0. The number of nitrogens with zero attached hydrogens (tertiary/aromatic N) is 1. The van der Waals surface area contributed by atoms with Gasteiger partial charge in [-0.3, -0.25) is 0 Å². The van der Waals surface area contributed by atoms with Crippen molar-refractivity contribution in [2.24, 2.45) is 0 Å². The average Bonchev–Trinajstić information content (AvgIpc) is 1.85. The van der Waals surface area contributed by atoms with Crippen molar-refractivity contribution in [1.29, 1.82) is 0 Å². The molecule has 0 saturated carbocycles. The van der Waals surface area contributed by atoms with Gasteiger partial charge in [-0.1, -0.05) is 6.92 Å². The van der Waals surface area contributed by atoms with Gasteiger partial charge in [0.25, 0.3) is 0 Å². The van der Waals surface area contributed by atoms with Crippen LogP contribution in [0.1, 0.15) is 20.3 Å². The Hall–Kier alpha value is -0.0800. The monoisotopic (exact) mass is 143 g/mol. The molecule has 1 saturated heterocycles. The molecule has 1 fully saturated rings. The van der Waals surface area contributed by atoms with E-state index >= 15 is 0 Å². The first-order valence-electron chi connectivity index (χ1n) is 4.06. The normalized spacial score (nSPS) is 36.3. The van der Waals surface area contributed by atoms with E-state index in [1.165, 1.54) is 0 Å². The lowest BCUT2D eigenvalue weighted by Gasteiger charge is -2.33. The molecule has 2 nitrogen and oxygen atoms in total. The zero-order valence-electron chi connectivity index (χ0n) is 7.13. The maximum atomic E-state index is 5.66. The molecule has 1 aliphatic heterocycles. The van der Waals surface area contributed by atoms with E-state index in [9.17, 15) is 0 Å². The van der Waals surface area contributed by atoms with Gasteiger partial charge in [-0.25, -0.2) is 0 Å². The van der Waals surface area contributed by atoms with Crippen LogP contribution in [-0.4, -0.2) is 37.2 Å². The molecule has 0 radical (unpaired) electrons. The van der Waals surface area contributed by atoms with Crippen LogP contribution < -0.4 is 0 Å². The minimum absolute atomic E-state index is 0.420. The summed E-state index contributed by atoms with van der Waals surface area (Å²) in [6, 6.07) is 0. The van der Waals surface area contributed by atoms with Crippen LogP contribution in [0.2, 0.25) is 0 Å². The maximum absolute atomic E-state index is 5.66. The summed E-state index contributed by atoms with van der Waals surface area (Å²) < 4.78 is 5.66. The van der Waals surface area contributed by atoms with E-state index in [2.05, 4.69) is 25.8 Å². The number of hydrogen-bond acceptors (Lipinski definition) is 2. The predicted molar refractivity (Wildman–Crippen MR) is 42.1 cm³/mol. The van der Waals surface area contributed by atoms with Crippen LogP contribution in [0.25, 0.3) is 0 Å². The molecule has 1 aliphatic rings. The molecule has 0 aromatic heterocycles. The lowest BCUT2D eigenvalue weighted by Crippen LogP contribution is -2.44. The van der Waals surface area contributed by atoms with Crippen molar-refractivity contribution in [3.05, 3.63) is 0 Å². The Kier molecular flexibility index (Phi) is 2.69. The van der Waals surface area contributed by atoms with E-state index in [0.717, 1.165) is 19.5 Å². The van der Waals surface area contributed by atoms with E-state index < -0.39 is 0 Å². The molecule has 0 spiro atoms. The summed E-state index contributed by atoms with van der Waals surface area (Å²) >= 11 is 0. The van der Waals surface area contributed by atoms with Crippen LogP contribution in [0.15, 0.2) is 0 Å². The molecule has 1 rings (SSSR count). The van der Waals surface area contributed by atoms with Crippen LogP contribution in [-0.2, 0) is 4.74 Å². The molecule has 60 valence electrons. The first-order valence-corrected chi connectivity index (χ1v) is 4.06. The Labute approximate surface area is 63.2 Å². The number of rotatable bonds is 1. The maximum Gasteiger partial charge on any atom is 0.0703 e. The molecule has 0 unspecified atom stereocenters. The Morgan fingerprint density at radius 3 is 2.70 bits per heavy atom. The second kappa shape index (κ2) is 3.35. The lowest BCUT2D eigenvalue weighted by atomic mass is 10.2. The number of likely N-dealkylation sites (N-methyl/N-ethyl adjacent to an activating group) is 1. The van der Waals surface area contributed by atoms with Crippen molar-refractivity contribution >= 4 is 0 Å². The number of hydrogen-bond donors (Lipinski definition) is 0. The molecular formula is C8H17NO. The van der Waals surface area contributed by atoms with E-state index in [1.807, 2.05) is 0 Å².